The molecule has 43 heavy (non-hydrogen) atoms. The summed E-state index contributed by atoms with van der Waals surface area (Å²) in [5.41, 5.74) is 4.72. The Morgan fingerprint density at radius 2 is 1.81 bits per heavy atom. The van der Waals surface area contributed by atoms with E-state index in [-0.39, 0.29) is 28.2 Å². The minimum atomic E-state index is -3.96. The Balaban J connectivity index is 1.63. The van der Waals surface area contributed by atoms with E-state index in [2.05, 4.69) is 53.4 Å². The summed E-state index contributed by atoms with van der Waals surface area (Å²) in [4.78, 5) is 11.9. The molecule has 3 heterocycles. The van der Waals surface area contributed by atoms with Gasteiger partial charge in [-0.1, -0.05) is 44.2 Å². The third kappa shape index (κ3) is 6.89. The lowest BCUT2D eigenvalue weighted by molar-refractivity contribution is 0.108. The van der Waals surface area contributed by atoms with E-state index >= 15 is 0 Å². The standard InChI is InChI=1S/C34H46N4O4S/c1-22(2)16-26-21-42-30-18-29(31-23(3)10-8-11-24(31)4)35-33(36-30)37-43(39,40)28-13-9-12-25(17-28)32(26)27-19-34(5,6)38(20-27)14-15-41-7/h8-13,17-18,22,26-27,32H,14-16,19-21H2,1-7H3,(H,35,36,37)/t26-,27-,32?/m1/s1. The maximum absolute atomic E-state index is 13.8. The molecule has 5 rings (SSSR count). The van der Waals surface area contributed by atoms with Crippen molar-refractivity contribution < 1.29 is 17.9 Å². The van der Waals surface area contributed by atoms with Gasteiger partial charge in [-0.2, -0.15) is 4.98 Å². The first kappa shape index (κ1) is 31.4. The van der Waals surface area contributed by atoms with Gasteiger partial charge >= 0.3 is 0 Å². The van der Waals surface area contributed by atoms with Crippen LogP contribution in [0.2, 0.25) is 0 Å². The molecule has 0 radical (unpaired) electrons. The van der Waals surface area contributed by atoms with Crippen molar-refractivity contribution in [2.75, 3.05) is 38.1 Å². The Morgan fingerprint density at radius 3 is 2.51 bits per heavy atom. The third-order valence-electron chi connectivity index (χ3n) is 9.09. The molecule has 0 aliphatic carbocycles. The molecule has 1 N–H and O–H groups in total. The molecule has 8 nitrogen and oxygen atoms in total. The largest absolute Gasteiger partial charge is 0.477 e. The van der Waals surface area contributed by atoms with Crippen LogP contribution < -0.4 is 9.46 Å². The number of aromatic nitrogens is 2. The van der Waals surface area contributed by atoms with Crippen molar-refractivity contribution in [2.24, 2.45) is 17.8 Å². The van der Waals surface area contributed by atoms with E-state index < -0.39 is 10.0 Å². The molecule has 3 aromatic rings. The van der Waals surface area contributed by atoms with E-state index in [1.165, 1.54) is 0 Å². The summed E-state index contributed by atoms with van der Waals surface area (Å²) in [5.74, 6) is 1.38. The van der Waals surface area contributed by atoms with E-state index in [0.29, 0.717) is 36.6 Å². The number of nitrogens with one attached hydrogen (secondary N) is 1. The van der Waals surface area contributed by atoms with Crippen molar-refractivity contribution in [3.63, 3.8) is 0 Å². The van der Waals surface area contributed by atoms with Crippen LogP contribution in [0.4, 0.5) is 5.95 Å². The van der Waals surface area contributed by atoms with Crippen molar-refractivity contribution in [2.45, 2.75) is 70.7 Å². The zero-order chi connectivity index (χ0) is 30.9. The van der Waals surface area contributed by atoms with Gasteiger partial charge in [0, 0.05) is 43.3 Å². The minimum Gasteiger partial charge on any atom is -0.477 e. The van der Waals surface area contributed by atoms with Crippen molar-refractivity contribution in [1.29, 1.82) is 0 Å². The molecule has 1 fully saturated rings. The third-order valence-corrected chi connectivity index (χ3v) is 10.4. The highest BCUT2D eigenvalue weighted by Crippen LogP contribution is 2.46. The van der Waals surface area contributed by atoms with Gasteiger partial charge in [-0.3, -0.25) is 4.90 Å². The predicted octanol–water partition coefficient (Wildman–Crippen LogP) is 6.45. The SMILES string of the molecule is COCCN1C[C@H](C2c3cccc(c3)S(=O)(=O)Nc3nc(cc(-c4c(C)cccc4C)n3)OC[C@H]2CC(C)C)CC1(C)C. The average Bonchev–Trinajstić information content (AvgIpc) is 3.22. The first-order chi connectivity index (χ1) is 20.4. The van der Waals surface area contributed by atoms with Gasteiger partial charge in [0.25, 0.3) is 10.0 Å². The van der Waals surface area contributed by atoms with Crippen LogP contribution in [0, 0.1) is 31.6 Å². The summed E-state index contributed by atoms with van der Waals surface area (Å²) < 4.78 is 42.2. The summed E-state index contributed by atoms with van der Waals surface area (Å²) in [6, 6.07) is 15.4. The first-order valence-electron chi connectivity index (χ1n) is 15.3. The van der Waals surface area contributed by atoms with Crippen LogP contribution >= 0.6 is 0 Å². The van der Waals surface area contributed by atoms with Gasteiger partial charge in [0.05, 0.1) is 23.8 Å². The number of benzene rings is 2. The fourth-order valence-corrected chi connectivity index (χ4v) is 8.20. The molecule has 0 amide bonds. The summed E-state index contributed by atoms with van der Waals surface area (Å²) in [5, 5.41) is 0. The molecule has 0 saturated carbocycles. The minimum absolute atomic E-state index is 0.00320. The second-order valence-corrected chi connectivity index (χ2v) is 15.0. The van der Waals surface area contributed by atoms with Gasteiger partial charge in [-0.25, -0.2) is 18.1 Å². The van der Waals surface area contributed by atoms with E-state index in [4.69, 9.17) is 9.47 Å². The molecule has 2 aromatic carbocycles. The summed E-state index contributed by atoms with van der Waals surface area (Å²) in [6.45, 7) is 16.1. The van der Waals surface area contributed by atoms with E-state index in [0.717, 1.165) is 48.2 Å². The van der Waals surface area contributed by atoms with Crippen LogP contribution in [-0.2, 0) is 14.8 Å². The van der Waals surface area contributed by atoms with Crippen molar-refractivity contribution in [3.05, 3.63) is 65.2 Å². The molecule has 1 aromatic heterocycles. The number of nitrogens with zero attached hydrogens (tertiary/aromatic N) is 3. The van der Waals surface area contributed by atoms with Crippen LogP contribution in [0.5, 0.6) is 5.88 Å². The smallest absolute Gasteiger partial charge is 0.264 e. The number of likely N-dealkylation sites (tertiary alicyclic amines) is 1. The van der Waals surface area contributed by atoms with Gasteiger partial charge in [-0.05, 0) is 87.1 Å². The summed E-state index contributed by atoms with van der Waals surface area (Å²) in [6.07, 6.45) is 1.94. The molecular formula is C34H46N4O4S. The molecule has 3 atom stereocenters. The number of fused-ring (bicyclic) bond motifs is 4. The van der Waals surface area contributed by atoms with Crippen molar-refractivity contribution >= 4 is 16.0 Å². The van der Waals surface area contributed by atoms with Crippen LogP contribution in [0.15, 0.2) is 53.4 Å². The average molecular weight is 607 g/mol. The number of methoxy groups -OCH3 is 1. The highest BCUT2D eigenvalue weighted by Gasteiger charge is 2.44. The predicted molar refractivity (Wildman–Crippen MR) is 171 cm³/mol. The molecular weight excluding hydrogens is 560 g/mol. The van der Waals surface area contributed by atoms with E-state index in [1.807, 2.05) is 50.2 Å². The lowest BCUT2D eigenvalue weighted by Gasteiger charge is -2.34. The van der Waals surface area contributed by atoms with Crippen LogP contribution in [-0.4, -0.2) is 62.2 Å². The molecule has 2 aliphatic heterocycles. The molecule has 4 bridgehead atoms. The topological polar surface area (TPSA) is 93.7 Å². The molecule has 1 saturated heterocycles. The number of hydrogen-bond donors (Lipinski definition) is 1. The number of hydrogen-bond acceptors (Lipinski definition) is 7. The highest BCUT2D eigenvalue weighted by molar-refractivity contribution is 7.92. The second kappa shape index (κ2) is 12.5. The van der Waals surface area contributed by atoms with Gasteiger partial charge in [0.1, 0.15) is 0 Å². The fourth-order valence-electron chi connectivity index (χ4n) is 7.21. The summed E-state index contributed by atoms with van der Waals surface area (Å²) in [7, 11) is -2.21. The molecule has 0 spiro atoms. The quantitative estimate of drug-likeness (QED) is 0.331. The Kier molecular flexibility index (Phi) is 9.16. The monoisotopic (exact) mass is 606 g/mol. The van der Waals surface area contributed by atoms with E-state index in [1.54, 1.807) is 13.2 Å². The van der Waals surface area contributed by atoms with Crippen LogP contribution in [0.3, 0.4) is 0 Å². The zero-order valence-corrected chi connectivity index (χ0v) is 27.4. The maximum Gasteiger partial charge on any atom is 0.264 e. The number of aryl methyl sites for hydroxylation is 2. The Labute approximate surface area is 257 Å². The van der Waals surface area contributed by atoms with Gasteiger partial charge in [0.15, 0.2) is 0 Å². The number of anilines is 1. The number of sulfonamides is 1. The Morgan fingerprint density at radius 1 is 1.09 bits per heavy atom. The van der Waals surface area contributed by atoms with Gasteiger partial charge in [-0.15, -0.1) is 0 Å². The first-order valence-corrected chi connectivity index (χ1v) is 16.8. The number of rotatable bonds is 7. The Bertz CT molecular complexity index is 1540. The summed E-state index contributed by atoms with van der Waals surface area (Å²) >= 11 is 0. The second-order valence-electron chi connectivity index (χ2n) is 13.3. The van der Waals surface area contributed by atoms with Gasteiger partial charge in [0.2, 0.25) is 11.8 Å². The van der Waals surface area contributed by atoms with Crippen LogP contribution in [0.25, 0.3) is 11.3 Å². The van der Waals surface area contributed by atoms with Gasteiger partial charge < -0.3 is 9.47 Å². The van der Waals surface area contributed by atoms with Crippen molar-refractivity contribution in [3.8, 4) is 17.1 Å². The lowest BCUT2D eigenvalue weighted by Crippen LogP contribution is -2.40. The normalized spacial score (nSPS) is 23.2. The Hall–Kier alpha value is -3.01. The lowest BCUT2D eigenvalue weighted by atomic mass is 9.72. The fraction of sp³-hybridized carbons (Fsp3) is 0.529. The van der Waals surface area contributed by atoms with Crippen molar-refractivity contribution in [1.82, 2.24) is 14.9 Å². The zero-order valence-electron chi connectivity index (χ0n) is 26.6. The highest BCUT2D eigenvalue weighted by atomic mass is 32.2. The van der Waals surface area contributed by atoms with Crippen LogP contribution in [0.1, 0.15) is 63.1 Å². The molecule has 232 valence electrons. The molecule has 1 unspecified atom stereocenters. The molecule has 9 heteroatoms. The maximum atomic E-state index is 13.8. The molecule has 2 aliphatic rings. The number of ether oxygens (including phenoxy) is 2. The van der Waals surface area contributed by atoms with E-state index in [9.17, 15) is 8.42 Å².